The normalized spacial score (nSPS) is 11.9. The zero-order valence-electron chi connectivity index (χ0n) is 15.6. The minimum absolute atomic E-state index is 0.105. The van der Waals surface area contributed by atoms with E-state index in [1.54, 1.807) is 0 Å². The van der Waals surface area contributed by atoms with Crippen molar-refractivity contribution in [3.05, 3.63) is 53.6 Å². The van der Waals surface area contributed by atoms with Crippen LogP contribution in [0.4, 0.5) is 11.4 Å². The lowest BCUT2D eigenvalue weighted by atomic mass is 10.1. The molecule has 2 aromatic rings. The monoisotopic (exact) mass is 326 g/mol. The molecule has 0 amide bonds. The van der Waals surface area contributed by atoms with Crippen LogP contribution < -0.4 is 15.0 Å². The molecule has 3 nitrogen and oxygen atoms in total. The van der Waals surface area contributed by atoms with E-state index in [9.17, 15) is 0 Å². The number of hydrogen-bond acceptors (Lipinski definition) is 3. The first-order valence-corrected chi connectivity index (χ1v) is 8.86. The molecule has 1 N–H and O–H groups in total. The van der Waals surface area contributed by atoms with Gasteiger partial charge in [0.25, 0.3) is 0 Å². The van der Waals surface area contributed by atoms with Crippen LogP contribution in [0, 0.1) is 13.8 Å². The molecule has 0 bridgehead atoms. The maximum absolute atomic E-state index is 6.07. The van der Waals surface area contributed by atoms with Gasteiger partial charge in [-0.15, -0.1) is 0 Å². The Morgan fingerprint density at radius 2 is 1.67 bits per heavy atom. The van der Waals surface area contributed by atoms with E-state index in [2.05, 4.69) is 87.3 Å². The quantitative estimate of drug-likeness (QED) is 0.736. The zero-order chi connectivity index (χ0) is 17.5. The summed E-state index contributed by atoms with van der Waals surface area (Å²) in [6.07, 6.45) is 0.105. The molecule has 0 spiro atoms. The Morgan fingerprint density at radius 3 is 2.29 bits per heavy atom. The minimum Gasteiger partial charge on any atom is -0.489 e. The van der Waals surface area contributed by atoms with Gasteiger partial charge in [-0.2, -0.15) is 0 Å². The number of rotatable bonds is 8. The second-order valence-electron chi connectivity index (χ2n) is 6.30. The van der Waals surface area contributed by atoms with Gasteiger partial charge in [-0.05, 0) is 76.1 Å². The fourth-order valence-electron chi connectivity index (χ4n) is 2.73. The van der Waals surface area contributed by atoms with Crippen LogP contribution in [-0.2, 0) is 0 Å². The third-order valence-electron chi connectivity index (χ3n) is 4.26. The predicted octanol–water partition coefficient (Wildman–Crippen LogP) is 5.03. The largest absolute Gasteiger partial charge is 0.489 e. The first-order valence-electron chi connectivity index (χ1n) is 8.86. The van der Waals surface area contributed by atoms with Crippen LogP contribution in [-0.4, -0.2) is 25.7 Å². The summed E-state index contributed by atoms with van der Waals surface area (Å²) in [5, 5.41) is 3.46. The van der Waals surface area contributed by atoms with Crippen molar-refractivity contribution in [2.45, 2.75) is 40.7 Å². The van der Waals surface area contributed by atoms with Crippen molar-refractivity contribution in [1.82, 2.24) is 0 Å². The second-order valence-corrected chi connectivity index (χ2v) is 6.30. The van der Waals surface area contributed by atoms with Crippen LogP contribution in [0.5, 0.6) is 5.75 Å². The second kappa shape index (κ2) is 8.62. The SMILES string of the molecule is CCN(CC)c1ccc(NCC(C)Oc2cc(C)ccc2C)cc1. The molecular weight excluding hydrogens is 296 g/mol. The molecule has 1 atom stereocenters. The summed E-state index contributed by atoms with van der Waals surface area (Å²) in [4.78, 5) is 2.34. The molecule has 0 aromatic heterocycles. The van der Waals surface area contributed by atoms with Crippen molar-refractivity contribution in [2.24, 2.45) is 0 Å². The smallest absolute Gasteiger partial charge is 0.122 e. The fourth-order valence-corrected chi connectivity index (χ4v) is 2.73. The third-order valence-corrected chi connectivity index (χ3v) is 4.26. The molecule has 0 aliphatic heterocycles. The summed E-state index contributed by atoms with van der Waals surface area (Å²) >= 11 is 0. The average molecular weight is 326 g/mol. The average Bonchev–Trinajstić information content (AvgIpc) is 2.58. The van der Waals surface area contributed by atoms with Crippen LogP contribution in [0.15, 0.2) is 42.5 Å². The van der Waals surface area contributed by atoms with Crippen molar-refractivity contribution in [1.29, 1.82) is 0 Å². The van der Waals surface area contributed by atoms with Gasteiger partial charge >= 0.3 is 0 Å². The Labute approximate surface area is 146 Å². The Kier molecular flexibility index (Phi) is 6.53. The Bertz CT molecular complexity index is 633. The van der Waals surface area contributed by atoms with E-state index < -0.39 is 0 Å². The van der Waals surface area contributed by atoms with Crippen LogP contribution in [0.25, 0.3) is 0 Å². The minimum atomic E-state index is 0.105. The maximum atomic E-state index is 6.07. The molecule has 3 heteroatoms. The van der Waals surface area contributed by atoms with Gasteiger partial charge in [-0.3, -0.25) is 0 Å². The summed E-state index contributed by atoms with van der Waals surface area (Å²) in [5.74, 6) is 0.973. The number of nitrogens with one attached hydrogen (secondary N) is 1. The molecule has 1 unspecified atom stereocenters. The standard InChI is InChI=1S/C21H30N2O/c1-6-23(7-2)20-12-10-19(11-13-20)22-15-18(5)24-21-14-16(3)8-9-17(21)4/h8-14,18,22H,6-7,15H2,1-5H3. The Balaban J connectivity index is 1.89. The molecule has 2 rings (SSSR count). The summed E-state index contributed by atoms with van der Waals surface area (Å²) in [7, 11) is 0. The van der Waals surface area contributed by atoms with Crippen LogP contribution in [0.3, 0.4) is 0 Å². The highest BCUT2D eigenvalue weighted by molar-refractivity contribution is 5.55. The summed E-state index contributed by atoms with van der Waals surface area (Å²) in [6.45, 7) is 13.5. The number of ether oxygens (including phenoxy) is 1. The lowest BCUT2D eigenvalue weighted by Gasteiger charge is -2.22. The van der Waals surface area contributed by atoms with Gasteiger partial charge in [-0.25, -0.2) is 0 Å². The van der Waals surface area contributed by atoms with E-state index >= 15 is 0 Å². The van der Waals surface area contributed by atoms with Gasteiger partial charge in [0.2, 0.25) is 0 Å². The molecule has 2 aromatic carbocycles. The highest BCUT2D eigenvalue weighted by Crippen LogP contribution is 2.21. The van der Waals surface area contributed by atoms with Crippen molar-refractivity contribution >= 4 is 11.4 Å². The van der Waals surface area contributed by atoms with Crippen LogP contribution >= 0.6 is 0 Å². The lowest BCUT2D eigenvalue weighted by Crippen LogP contribution is -2.23. The molecule has 130 valence electrons. The first-order chi connectivity index (χ1) is 11.5. The molecule has 0 aliphatic carbocycles. The molecule has 0 saturated carbocycles. The number of hydrogen-bond donors (Lipinski definition) is 1. The summed E-state index contributed by atoms with van der Waals surface area (Å²) < 4.78 is 6.07. The van der Waals surface area contributed by atoms with Gasteiger partial charge < -0.3 is 15.0 Å². The highest BCUT2D eigenvalue weighted by atomic mass is 16.5. The molecule has 24 heavy (non-hydrogen) atoms. The predicted molar refractivity (Wildman–Crippen MR) is 104 cm³/mol. The van der Waals surface area contributed by atoms with Crippen molar-refractivity contribution < 1.29 is 4.74 Å². The third kappa shape index (κ3) is 4.92. The van der Waals surface area contributed by atoms with Crippen molar-refractivity contribution in [3.8, 4) is 5.75 Å². The van der Waals surface area contributed by atoms with E-state index in [0.29, 0.717) is 0 Å². The zero-order valence-corrected chi connectivity index (χ0v) is 15.6. The Hall–Kier alpha value is -2.16. The van der Waals surface area contributed by atoms with Gasteiger partial charge in [0.15, 0.2) is 0 Å². The van der Waals surface area contributed by atoms with E-state index in [-0.39, 0.29) is 6.10 Å². The van der Waals surface area contributed by atoms with E-state index in [1.165, 1.54) is 16.8 Å². The van der Waals surface area contributed by atoms with Gasteiger partial charge in [-0.1, -0.05) is 12.1 Å². The van der Waals surface area contributed by atoms with Gasteiger partial charge in [0.1, 0.15) is 11.9 Å². The van der Waals surface area contributed by atoms with Crippen LogP contribution in [0.1, 0.15) is 31.9 Å². The molecule has 0 saturated heterocycles. The molecule has 0 aliphatic rings. The lowest BCUT2D eigenvalue weighted by molar-refractivity contribution is 0.233. The van der Waals surface area contributed by atoms with Crippen molar-refractivity contribution in [2.75, 3.05) is 29.9 Å². The maximum Gasteiger partial charge on any atom is 0.122 e. The van der Waals surface area contributed by atoms with Gasteiger partial charge in [0.05, 0.1) is 6.54 Å². The number of nitrogens with zero attached hydrogens (tertiary/aromatic N) is 1. The van der Waals surface area contributed by atoms with Crippen molar-refractivity contribution in [3.63, 3.8) is 0 Å². The number of benzene rings is 2. The topological polar surface area (TPSA) is 24.5 Å². The van der Waals surface area contributed by atoms with E-state index in [4.69, 9.17) is 4.74 Å². The number of anilines is 2. The summed E-state index contributed by atoms with van der Waals surface area (Å²) in [6, 6.07) is 14.9. The summed E-state index contributed by atoms with van der Waals surface area (Å²) in [5.41, 5.74) is 4.80. The first kappa shape index (κ1) is 18.2. The molecular formula is C21H30N2O. The molecule has 0 radical (unpaired) electrons. The van der Waals surface area contributed by atoms with Crippen LogP contribution in [0.2, 0.25) is 0 Å². The fraction of sp³-hybridized carbons (Fsp3) is 0.429. The molecule has 0 heterocycles. The molecule has 0 fully saturated rings. The van der Waals surface area contributed by atoms with Gasteiger partial charge in [0, 0.05) is 24.5 Å². The van der Waals surface area contributed by atoms with E-state index in [1.807, 2.05) is 0 Å². The highest BCUT2D eigenvalue weighted by Gasteiger charge is 2.07. The Morgan fingerprint density at radius 1 is 1.00 bits per heavy atom. The van der Waals surface area contributed by atoms with E-state index in [0.717, 1.165) is 31.1 Å². The number of aryl methyl sites for hydroxylation is 2.